The molecule has 2 heterocycles. The number of carbonyl (C=O) groups excluding carboxylic acids is 1. The highest BCUT2D eigenvalue weighted by molar-refractivity contribution is 7.21. The summed E-state index contributed by atoms with van der Waals surface area (Å²) in [5.74, 6) is -0.714. The lowest BCUT2D eigenvalue weighted by Gasteiger charge is -2.01. The largest absolute Gasteiger partial charge is 0.397 e. The molecule has 0 spiro atoms. The molecule has 20 heavy (non-hydrogen) atoms. The molecular weight excluding hydrogens is 297 g/mol. The molecule has 2 aromatic heterocycles. The maximum atomic E-state index is 13.7. The Kier molecular flexibility index (Phi) is 3.37. The van der Waals surface area contributed by atoms with Crippen LogP contribution >= 0.6 is 22.7 Å². The Morgan fingerprint density at radius 2 is 2.30 bits per heavy atom. The molecule has 7 heteroatoms. The number of nitrogens with two attached hydrogens (primary N) is 1. The molecule has 0 bridgehead atoms. The summed E-state index contributed by atoms with van der Waals surface area (Å²) in [4.78, 5) is 16.5. The van der Waals surface area contributed by atoms with Gasteiger partial charge in [-0.1, -0.05) is 6.07 Å². The Labute approximate surface area is 122 Å². The van der Waals surface area contributed by atoms with Crippen LogP contribution in [0.4, 0.5) is 10.1 Å². The Morgan fingerprint density at radius 1 is 1.45 bits per heavy atom. The molecule has 0 saturated carbocycles. The summed E-state index contributed by atoms with van der Waals surface area (Å²) in [5.41, 5.74) is 6.08. The van der Waals surface area contributed by atoms with Gasteiger partial charge in [-0.05, 0) is 12.1 Å². The molecule has 1 amide bonds. The van der Waals surface area contributed by atoms with E-state index in [-0.39, 0.29) is 11.6 Å². The zero-order valence-corrected chi connectivity index (χ0v) is 11.9. The van der Waals surface area contributed by atoms with Crippen LogP contribution in [0.3, 0.4) is 0 Å². The standard InChI is InChI=1S/C13H10FN3OS2/c14-7-2-1-3-8-10(7)11(15)12(20-8)13(18)17-6-9-16-4-5-19-9/h1-5H,6,15H2,(H,17,18). The van der Waals surface area contributed by atoms with Gasteiger partial charge in [-0.3, -0.25) is 4.79 Å². The Morgan fingerprint density at radius 3 is 3.00 bits per heavy atom. The number of rotatable bonds is 3. The van der Waals surface area contributed by atoms with Crippen molar-refractivity contribution in [1.29, 1.82) is 0 Å². The van der Waals surface area contributed by atoms with Gasteiger partial charge in [0.25, 0.3) is 5.91 Å². The van der Waals surface area contributed by atoms with Gasteiger partial charge in [-0.2, -0.15) is 0 Å². The van der Waals surface area contributed by atoms with Gasteiger partial charge in [0.1, 0.15) is 15.7 Å². The molecule has 0 fully saturated rings. The molecule has 4 nitrogen and oxygen atoms in total. The molecule has 0 aliphatic carbocycles. The van der Waals surface area contributed by atoms with Gasteiger partial charge in [-0.25, -0.2) is 9.37 Å². The van der Waals surface area contributed by atoms with E-state index in [9.17, 15) is 9.18 Å². The summed E-state index contributed by atoms with van der Waals surface area (Å²) in [6.07, 6.45) is 1.68. The van der Waals surface area contributed by atoms with Crippen molar-refractivity contribution < 1.29 is 9.18 Å². The van der Waals surface area contributed by atoms with Crippen LogP contribution < -0.4 is 11.1 Å². The van der Waals surface area contributed by atoms with Gasteiger partial charge in [-0.15, -0.1) is 22.7 Å². The van der Waals surface area contributed by atoms with Crippen LogP contribution in [-0.2, 0) is 6.54 Å². The van der Waals surface area contributed by atoms with E-state index in [1.165, 1.54) is 28.7 Å². The number of thiazole rings is 1. The quantitative estimate of drug-likeness (QED) is 0.781. The summed E-state index contributed by atoms with van der Waals surface area (Å²) in [6, 6.07) is 4.69. The Balaban J connectivity index is 1.88. The van der Waals surface area contributed by atoms with Crippen molar-refractivity contribution in [1.82, 2.24) is 10.3 Å². The van der Waals surface area contributed by atoms with Crippen molar-refractivity contribution in [2.45, 2.75) is 6.54 Å². The van der Waals surface area contributed by atoms with Crippen molar-refractivity contribution in [3.05, 3.63) is 45.5 Å². The molecule has 0 unspecified atom stereocenters. The van der Waals surface area contributed by atoms with E-state index < -0.39 is 5.82 Å². The lowest BCUT2D eigenvalue weighted by Crippen LogP contribution is -2.22. The van der Waals surface area contributed by atoms with Gasteiger partial charge in [0.05, 0.1) is 17.6 Å². The first-order valence-corrected chi connectivity index (χ1v) is 7.49. The minimum atomic E-state index is -0.407. The summed E-state index contributed by atoms with van der Waals surface area (Å²) < 4.78 is 14.4. The molecule has 3 aromatic rings. The normalized spacial score (nSPS) is 10.8. The SMILES string of the molecule is Nc1c(C(=O)NCc2nccs2)sc2cccc(F)c12. The van der Waals surface area contributed by atoms with E-state index >= 15 is 0 Å². The topological polar surface area (TPSA) is 68.0 Å². The zero-order valence-electron chi connectivity index (χ0n) is 10.2. The second kappa shape index (κ2) is 5.18. The highest BCUT2D eigenvalue weighted by Crippen LogP contribution is 2.35. The third-order valence-electron chi connectivity index (χ3n) is 2.79. The predicted molar refractivity (Wildman–Crippen MR) is 79.5 cm³/mol. The first kappa shape index (κ1) is 13.0. The van der Waals surface area contributed by atoms with Gasteiger partial charge in [0, 0.05) is 16.3 Å². The minimum Gasteiger partial charge on any atom is -0.397 e. The smallest absolute Gasteiger partial charge is 0.263 e. The fourth-order valence-corrected chi connectivity index (χ4v) is 3.48. The number of nitrogens with zero attached hydrogens (tertiary/aromatic N) is 1. The maximum absolute atomic E-state index is 13.7. The summed E-state index contributed by atoms with van der Waals surface area (Å²) in [5, 5.41) is 5.70. The molecule has 3 rings (SSSR count). The lowest BCUT2D eigenvalue weighted by molar-refractivity contribution is 0.0956. The Hall–Kier alpha value is -1.99. The van der Waals surface area contributed by atoms with Crippen LogP contribution in [0.2, 0.25) is 0 Å². The highest BCUT2D eigenvalue weighted by atomic mass is 32.1. The number of anilines is 1. The number of amides is 1. The van der Waals surface area contributed by atoms with Crippen molar-refractivity contribution >= 4 is 44.4 Å². The van der Waals surface area contributed by atoms with Crippen molar-refractivity contribution in [2.75, 3.05) is 5.73 Å². The van der Waals surface area contributed by atoms with Crippen LogP contribution in [-0.4, -0.2) is 10.9 Å². The molecule has 0 aliphatic rings. The maximum Gasteiger partial charge on any atom is 0.263 e. The molecule has 0 radical (unpaired) electrons. The van der Waals surface area contributed by atoms with Gasteiger partial charge >= 0.3 is 0 Å². The number of nitrogen functional groups attached to an aromatic ring is 1. The number of hydrogen-bond acceptors (Lipinski definition) is 5. The van der Waals surface area contributed by atoms with E-state index in [0.717, 1.165) is 5.01 Å². The molecule has 102 valence electrons. The lowest BCUT2D eigenvalue weighted by atomic mass is 10.2. The highest BCUT2D eigenvalue weighted by Gasteiger charge is 2.18. The number of aromatic nitrogens is 1. The van der Waals surface area contributed by atoms with Crippen LogP contribution in [0.15, 0.2) is 29.8 Å². The average Bonchev–Trinajstić information content (AvgIpc) is 3.05. The zero-order chi connectivity index (χ0) is 14.1. The van der Waals surface area contributed by atoms with E-state index in [4.69, 9.17) is 5.73 Å². The molecule has 0 aliphatic heterocycles. The van der Waals surface area contributed by atoms with E-state index in [0.29, 0.717) is 21.5 Å². The summed E-state index contributed by atoms with van der Waals surface area (Å²) >= 11 is 2.65. The van der Waals surface area contributed by atoms with E-state index in [1.807, 2.05) is 5.38 Å². The first-order valence-electron chi connectivity index (χ1n) is 5.80. The van der Waals surface area contributed by atoms with Crippen LogP contribution in [0.5, 0.6) is 0 Å². The van der Waals surface area contributed by atoms with Gasteiger partial charge in [0.15, 0.2) is 0 Å². The number of carbonyl (C=O) groups is 1. The third kappa shape index (κ3) is 2.25. The molecular formula is C13H10FN3OS2. The van der Waals surface area contributed by atoms with Crippen LogP contribution in [0.1, 0.15) is 14.7 Å². The third-order valence-corrected chi connectivity index (χ3v) is 4.74. The number of nitrogens with one attached hydrogen (secondary N) is 1. The fourth-order valence-electron chi connectivity index (χ4n) is 1.87. The van der Waals surface area contributed by atoms with Gasteiger partial charge < -0.3 is 11.1 Å². The summed E-state index contributed by atoms with van der Waals surface area (Å²) in [7, 11) is 0. The first-order chi connectivity index (χ1) is 9.66. The molecule has 0 atom stereocenters. The fraction of sp³-hybridized carbons (Fsp3) is 0.0769. The average molecular weight is 307 g/mol. The van der Waals surface area contributed by atoms with Gasteiger partial charge in [0.2, 0.25) is 0 Å². The number of fused-ring (bicyclic) bond motifs is 1. The van der Waals surface area contributed by atoms with Crippen molar-refractivity contribution in [3.63, 3.8) is 0 Å². The molecule has 1 aromatic carbocycles. The second-order valence-electron chi connectivity index (χ2n) is 4.07. The number of hydrogen-bond donors (Lipinski definition) is 2. The van der Waals surface area contributed by atoms with Crippen molar-refractivity contribution in [2.24, 2.45) is 0 Å². The predicted octanol–water partition coefficient (Wildman–Crippen LogP) is 3.01. The number of benzene rings is 1. The molecule has 0 saturated heterocycles. The Bertz CT molecular complexity index is 767. The van der Waals surface area contributed by atoms with Crippen molar-refractivity contribution in [3.8, 4) is 0 Å². The van der Waals surface area contributed by atoms with Crippen LogP contribution in [0.25, 0.3) is 10.1 Å². The van der Waals surface area contributed by atoms with E-state index in [2.05, 4.69) is 10.3 Å². The summed E-state index contributed by atoms with van der Waals surface area (Å²) in [6.45, 7) is 0.340. The number of halogens is 1. The minimum absolute atomic E-state index is 0.194. The monoisotopic (exact) mass is 307 g/mol. The van der Waals surface area contributed by atoms with E-state index in [1.54, 1.807) is 18.3 Å². The second-order valence-corrected chi connectivity index (χ2v) is 6.10. The molecule has 3 N–H and O–H groups in total. The van der Waals surface area contributed by atoms with Crippen LogP contribution in [0, 0.1) is 5.82 Å². The number of thiophene rings is 1.